The molecule has 0 spiro atoms. The van der Waals surface area contributed by atoms with E-state index in [4.69, 9.17) is 5.26 Å². The molecule has 5 heteroatoms. The molecule has 2 aromatic carbocycles. The maximum absolute atomic E-state index is 12.2. The SMILES string of the molecule is Cc1ccc(Cn2nc(C)c(/C=C/C(=O)Nc3cccc(C#N)c3)c2C)cc1. The van der Waals surface area contributed by atoms with Gasteiger partial charge in [0.15, 0.2) is 0 Å². The maximum Gasteiger partial charge on any atom is 0.248 e. The van der Waals surface area contributed by atoms with Crippen LogP contribution in [0.25, 0.3) is 6.08 Å². The van der Waals surface area contributed by atoms with Gasteiger partial charge in [0.25, 0.3) is 0 Å². The summed E-state index contributed by atoms with van der Waals surface area (Å²) in [6.07, 6.45) is 3.28. The van der Waals surface area contributed by atoms with Crippen LogP contribution >= 0.6 is 0 Å². The van der Waals surface area contributed by atoms with Crippen LogP contribution in [0.3, 0.4) is 0 Å². The number of benzene rings is 2. The number of nitrogens with one attached hydrogen (secondary N) is 1. The fourth-order valence-electron chi connectivity index (χ4n) is 2.98. The molecule has 0 fully saturated rings. The van der Waals surface area contributed by atoms with Crippen molar-refractivity contribution >= 4 is 17.7 Å². The molecule has 0 unspecified atom stereocenters. The number of hydrogen-bond donors (Lipinski definition) is 1. The predicted octanol–water partition coefficient (Wildman–Crippen LogP) is 4.38. The highest BCUT2D eigenvalue weighted by molar-refractivity contribution is 6.02. The Balaban J connectivity index is 1.73. The molecule has 1 N–H and O–H groups in total. The number of anilines is 1. The van der Waals surface area contributed by atoms with Crippen LogP contribution in [0.15, 0.2) is 54.6 Å². The largest absolute Gasteiger partial charge is 0.322 e. The molecule has 3 rings (SSSR count). The number of amides is 1. The van der Waals surface area contributed by atoms with Gasteiger partial charge < -0.3 is 5.32 Å². The van der Waals surface area contributed by atoms with E-state index in [1.807, 2.05) is 18.5 Å². The smallest absolute Gasteiger partial charge is 0.248 e. The van der Waals surface area contributed by atoms with Crippen molar-refractivity contribution < 1.29 is 4.79 Å². The molecule has 0 radical (unpaired) electrons. The molecule has 28 heavy (non-hydrogen) atoms. The summed E-state index contributed by atoms with van der Waals surface area (Å²) in [5.74, 6) is -0.250. The summed E-state index contributed by atoms with van der Waals surface area (Å²) >= 11 is 0. The van der Waals surface area contributed by atoms with Gasteiger partial charge in [0, 0.05) is 23.0 Å². The van der Waals surface area contributed by atoms with E-state index in [2.05, 4.69) is 47.7 Å². The van der Waals surface area contributed by atoms with Crippen molar-refractivity contribution in [2.45, 2.75) is 27.3 Å². The minimum atomic E-state index is -0.250. The Kier molecular flexibility index (Phi) is 5.71. The number of carbonyl (C=O) groups is 1. The second kappa shape index (κ2) is 8.36. The van der Waals surface area contributed by atoms with Crippen LogP contribution in [0.4, 0.5) is 5.69 Å². The summed E-state index contributed by atoms with van der Waals surface area (Å²) in [6, 6.07) is 17.3. The Labute approximate surface area is 164 Å². The van der Waals surface area contributed by atoms with E-state index in [-0.39, 0.29) is 5.91 Å². The molecule has 5 nitrogen and oxygen atoms in total. The molecule has 0 aliphatic heterocycles. The highest BCUT2D eigenvalue weighted by Gasteiger charge is 2.10. The molecule has 0 atom stereocenters. The average molecular weight is 370 g/mol. The first kappa shape index (κ1) is 19.1. The Morgan fingerprint density at radius 3 is 2.64 bits per heavy atom. The summed E-state index contributed by atoms with van der Waals surface area (Å²) in [4.78, 5) is 12.2. The molecule has 0 aliphatic carbocycles. The quantitative estimate of drug-likeness (QED) is 0.678. The van der Waals surface area contributed by atoms with Gasteiger partial charge in [-0.25, -0.2) is 0 Å². The Morgan fingerprint density at radius 1 is 1.18 bits per heavy atom. The van der Waals surface area contributed by atoms with Crippen molar-refractivity contribution in [3.63, 3.8) is 0 Å². The molecular formula is C23H22N4O. The van der Waals surface area contributed by atoms with E-state index in [1.165, 1.54) is 17.2 Å². The zero-order chi connectivity index (χ0) is 20.1. The van der Waals surface area contributed by atoms with Gasteiger partial charge >= 0.3 is 0 Å². The third kappa shape index (κ3) is 4.54. The number of nitrogens with zero attached hydrogens (tertiary/aromatic N) is 3. The lowest BCUT2D eigenvalue weighted by Gasteiger charge is -2.05. The van der Waals surface area contributed by atoms with E-state index in [0.29, 0.717) is 17.8 Å². The number of aromatic nitrogens is 2. The van der Waals surface area contributed by atoms with Crippen molar-refractivity contribution in [1.82, 2.24) is 9.78 Å². The first-order valence-corrected chi connectivity index (χ1v) is 9.05. The summed E-state index contributed by atoms with van der Waals surface area (Å²) in [5, 5.41) is 16.3. The average Bonchev–Trinajstić information content (AvgIpc) is 2.95. The first-order valence-electron chi connectivity index (χ1n) is 9.05. The van der Waals surface area contributed by atoms with E-state index in [9.17, 15) is 4.79 Å². The molecular weight excluding hydrogens is 348 g/mol. The van der Waals surface area contributed by atoms with Gasteiger partial charge in [-0.05, 0) is 50.6 Å². The van der Waals surface area contributed by atoms with Crippen molar-refractivity contribution in [3.05, 3.63) is 88.2 Å². The fourth-order valence-corrected chi connectivity index (χ4v) is 2.98. The fraction of sp³-hybridized carbons (Fsp3) is 0.174. The third-order valence-corrected chi connectivity index (χ3v) is 4.55. The monoisotopic (exact) mass is 370 g/mol. The highest BCUT2D eigenvalue weighted by Crippen LogP contribution is 2.17. The van der Waals surface area contributed by atoms with E-state index >= 15 is 0 Å². The predicted molar refractivity (Wildman–Crippen MR) is 111 cm³/mol. The van der Waals surface area contributed by atoms with E-state index in [1.54, 1.807) is 30.3 Å². The van der Waals surface area contributed by atoms with Gasteiger partial charge in [-0.2, -0.15) is 10.4 Å². The van der Waals surface area contributed by atoms with Gasteiger partial charge in [-0.3, -0.25) is 9.48 Å². The summed E-state index contributed by atoms with van der Waals surface area (Å²) < 4.78 is 1.95. The summed E-state index contributed by atoms with van der Waals surface area (Å²) in [7, 11) is 0. The lowest BCUT2D eigenvalue weighted by molar-refractivity contribution is -0.111. The topological polar surface area (TPSA) is 70.7 Å². The van der Waals surface area contributed by atoms with Crippen LogP contribution in [0.1, 0.15) is 33.6 Å². The van der Waals surface area contributed by atoms with Gasteiger partial charge in [0.1, 0.15) is 0 Å². The lowest BCUT2D eigenvalue weighted by atomic mass is 10.1. The third-order valence-electron chi connectivity index (χ3n) is 4.55. The maximum atomic E-state index is 12.2. The van der Waals surface area contributed by atoms with Crippen molar-refractivity contribution in [2.75, 3.05) is 5.32 Å². The normalized spacial score (nSPS) is 10.8. The molecule has 1 aromatic heterocycles. The van der Waals surface area contributed by atoms with Gasteiger partial charge in [-0.15, -0.1) is 0 Å². The van der Waals surface area contributed by atoms with Crippen LogP contribution in [-0.4, -0.2) is 15.7 Å². The van der Waals surface area contributed by atoms with E-state index < -0.39 is 0 Å². The van der Waals surface area contributed by atoms with Crippen LogP contribution < -0.4 is 5.32 Å². The van der Waals surface area contributed by atoms with Crippen molar-refractivity contribution in [1.29, 1.82) is 5.26 Å². The summed E-state index contributed by atoms with van der Waals surface area (Å²) in [5.41, 5.74) is 6.33. The number of hydrogen-bond acceptors (Lipinski definition) is 3. The standard InChI is InChI=1S/C23H22N4O/c1-16-7-9-19(10-8-16)15-27-18(3)22(17(2)26-27)11-12-23(28)25-21-6-4-5-20(13-21)14-24/h4-13H,15H2,1-3H3,(H,25,28)/b12-11+. The molecule has 1 heterocycles. The second-order valence-electron chi connectivity index (χ2n) is 6.74. The lowest BCUT2D eigenvalue weighted by Crippen LogP contribution is -2.07. The number of aryl methyl sites for hydroxylation is 2. The van der Waals surface area contributed by atoms with Crippen LogP contribution in [0.5, 0.6) is 0 Å². The Morgan fingerprint density at radius 2 is 1.93 bits per heavy atom. The van der Waals surface area contributed by atoms with Crippen LogP contribution in [-0.2, 0) is 11.3 Å². The Hall–Kier alpha value is -3.65. The van der Waals surface area contributed by atoms with Gasteiger partial charge in [0.05, 0.1) is 23.9 Å². The second-order valence-corrected chi connectivity index (χ2v) is 6.74. The Bertz CT molecular complexity index is 1070. The van der Waals surface area contributed by atoms with Crippen molar-refractivity contribution in [3.8, 4) is 6.07 Å². The number of rotatable bonds is 5. The molecule has 3 aromatic rings. The van der Waals surface area contributed by atoms with Crippen LogP contribution in [0.2, 0.25) is 0 Å². The zero-order valence-corrected chi connectivity index (χ0v) is 16.2. The summed E-state index contributed by atoms with van der Waals surface area (Å²) in [6.45, 7) is 6.69. The number of nitriles is 1. The molecule has 0 saturated heterocycles. The van der Waals surface area contributed by atoms with Gasteiger partial charge in [-0.1, -0.05) is 35.9 Å². The van der Waals surface area contributed by atoms with E-state index in [0.717, 1.165) is 17.0 Å². The molecule has 0 saturated carbocycles. The van der Waals surface area contributed by atoms with Crippen LogP contribution in [0, 0.1) is 32.1 Å². The van der Waals surface area contributed by atoms with Crippen molar-refractivity contribution in [2.24, 2.45) is 0 Å². The zero-order valence-electron chi connectivity index (χ0n) is 16.2. The minimum absolute atomic E-state index is 0.250. The minimum Gasteiger partial charge on any atom is -0.322 e. The molecule has 140 valence electrons. The van der Waals surface area contributed by atoms with Gasteiger partial charge in [0.2, 0.25) is 5.91 Å². The molecule has 0 bridgehead atoms. The molecule has 1 amide bonds. The highest BCUT2D eigenvalue weighted by atomic mass is 16.1. The molecule has 0 aliphatic rings. The number of carbonyl (C=O) groups excluding carboxylic acids is 1. The first-order chi connectivity index (χ1) is 13.5.